The van der Waals surface area contributed by atoms with Gasteiger partial charge in [-0.05, 0) is 47.9 Å². The minimum atomic E-state index is -0.172. The molecule has 0 aromatic heterocycles. The summed E-state index contributed by atoms with van der Waals surface area (Å²) in [6.07, 6.45) is 3.24. The lowest BCUT2D eigenvalue weighted by Gasteiger charge is -2.03. The summed E-state index contributed by atoms with van der Waals surface area (Å²) in [7, 11) is 1.65. The Kier molecular flexibility index (Phi) is 4.96. The molecule has 1 aliphatic rings. The number of carbonyl (C=O) groups excluding carboxylic acids is 1. The van der Waals surface area contributed by atoms with Gasteiger partial charge in [-0.25, -0.2) is 4.99 Å². The first-order valence-electron chi connectivity index (χ1n) is 7.63. The van der Waals surface area contributed by atoms with Crippen molar-refractivity contribution >= 4 is 29.4 Å². The number of nitrogens with zero attached hydrogens (tertiary/aromatic N) is 1. The molecular weight excluding hydrogens is 324 g/mol. The Bertz CT molecular complexity index is 793. The van der Waals surface area contributed by atoms with Crippen molar-refractivity contribution in [2.75, 3.05) is 7.11 Å². The molecule has 0 saturated carbocycles. The Morgan fingerprint density at radius 2 is 1.79 bits per heavy atom. The monoisotopic (exact) mass is 340 g/mol. The molecule has 0 fully saturated rings. The average molecular weight is 341 g/mol. The smallest absolute Gasteiger partial charge is 0.275 e. The van der Waals surface area contributed by atoms with Gasteiger partial charge in [0, 0.05) is 11.4 Å². The van der Waals surface area contributed by atoms with E-state index in [1.807, 2.05) is 36.4 Å². The number of halogens is 1. The number of hydrogen-bond acceptors (Lipinski definition) is 3. The van der Waals surface area contributed by atoms with Crippen molar-refractivity contribution in [3.8, 4) is 5.75 Å². The minimum Gasteiger partial charge on any atom is -0.497 e. The van der Waals surface area contributed by atoms with E-state index >= 15 is 0 Å². The van der Waals surface area contributed by atoms with Crippen LogP contribution in [0.4, 0.5) is 0 Å². The fraction of sp³-hybridized carbons (Fsp3) is 0.158. The van der Waals surface area contributed by atoms with Crippen molar-refractivity contribution in [1.29, 1.82) is 0 Å². The summed E-state index contributed by atoms with van der Waals surface area (Å²) in [6.45, 7) is 0. The first-order chi connectivity index (χ1) is 11.6. The molecule has 2 aromatic carbocycles. The fourth-order valence-electron chi connectivity index (χ4n) is 2.41. The lowest BCUT2D eigenvalue weighted by atomic mass is 10.1. The molecule has 1 amide bonds. The van der Waals surface area contributed by atoms with Crippen LogP contribution in [0, 0.1) is 0 Å². The molecule has 3 rings (SSSR count). The van der Waals surface area contributed by atoms with E-state index in [0.717, 1.165) is 17.7 Å². The Morgan fingerprint density at radius 3 is 2.46 bits per heavy atom. The van der Waals surface area contributed by atoms with Gasteiger partial charge < -0.3 is 10.1 Å². The van der Waals surface area contributed by atoms with Crippen LogP contribution in [0.2, 0.25) is 5.02 Å². The number of aliphatic imine (C=N–C) groups is 1. The summed E-state index contributed by atoms with van der Waals surface area (Å²) in [5.74, 6) is 1.35. The van der Waals surface area contributed by atoms with E-state index < -0.39 is 0 Å². The van der Waals surface area contributed by atoms with Crippen LogP contribution in [-0.2, 0) is 11.2 Å². The fourth-order valence-corrected chi connectivity index (χ4v) is 2.53. The van der Waals surface area contributed by atoms with Crippen LogP contribution in [0.5, 0.6) is 5.75 Å². The highest BCUT2D eigenvalue weighted by molar-refractivity contribution is 6.30. The number of benzene rings is 2. The molecule has 0 saturated heterocycles. The summed E-state index contributed by atoms with van der Waals surface area (Å²) < 4.78 is 5.14. The molecule has 1 heterocycles. The van der Waals surface area contributed by atoms with Gasteiger partial charge in [-0.1, -0.05) is 35.9 Å². The zero-order chi connectivity index (χ0) is 16.9. The summed E-state index contributed by atoms with van der Waals surface area (Å²) >= 11 is 5.86. The van der Waals surface area contributed by atoms with Gasteiger partial charge in [0.2, 0.25) is 0 Å². The van der Waals surface area contributed by atoms with Gasteiger partial charge in [0.15, 0.2) is 0 Å². The quantitative estimate of drug-likeness (QED) is 0.840. The highest BCUT2D eigenvalue weighted by Crippen LogP contribution is 2.17. The molecule has 4 nitrogen and oxygen atoms in total. The highest BCUT2D eigenvalue weighted by atomic mass is 35.5. The number of methoxy groups -OCH3 is 1. The van der Waals surface area contributed by atoms with Crippen LogP contribution in [0.1, 0.15) is 17.5 Å². The number of amides is 1. The molecule has 0 aliphatic carbocycles. The maximum atomic E-state index is 12.0. The van der Waals surface area contributed by atoms with Crippen molar-refractivity contribution in [1.82, 2.24) is 5.32 Å². The lowest BCUT2D eigenvalue weighted by Crippen LogP contribution is -2.24. The third-order valence-corrected chi connectivity index (χ3v) is 3.98. The zero-order valence-corrected chi connectivity index (χ0v) is 14.0. The van der Waals surface area contributed by atoms with Crippen molar-refractivity contribution in [2.45, 2.75) is 12.8 Å². The topological polar surface area (TPSA) is 50.7 Å². The predicted molar refractivity (Wildman–Crippen MR) is 96.3 cm³/mol. The molecular formula is C19H17ClN2O2. The summed E-state index contributed by atoms with van der Waals surface area (Å²) in [5.41, 5.74) is 2.48. The molecule has 0 atom stereocenters. The van der Waals surface area contributed by atoms with Crippen LogP contribution in [0.3, 0.4) is 0 Å². The molecule has 0 spiro atoms. The molecule has 122 valence electrons. The standard InChI is InChI=1S/C19H17ClN2O2/c1-24-16-9-4-13(5-10-16)6-11-18-21-17(19(23)22-18)12-14-2-7-15(20)8-3-14/h2-5,7-10,12H,6,11H2,1H3,(H,21,22,23)/b17-12+. The van der Waals surface area contributed by atoms with E-state index in [2.05, 4.69) is 10.3 Å². The molecule has 2 aromatic rings. The first-order valence-corrected chi connectivity index (χ1v) is 8.01. The van der Waals surface area contributed by atoms with Crippen LogP contribution in [0.15, 0.2) is 59.2 Å². The SMILES string of the molecule is COc1ccc(CCC2=N/C(=C/c3ccc(Cl)cc3)C(=O)N2)cc1. The normalized spacial score (nSPS) is 15.3. The van der Waals surface area contributed by atoms with Crippen molar-refractivity contribution in [2.24, 2.45) is 4.99 Å². The van der Waals surface area contributed by atoms with Gasteiger partial charge in [0.1, 0.15) is 17.3 Å². The van der Waals surface area contributed by atoms with Crippen LogP contribution in [0.25, 0.3) is 6.08 Å². The minimum absolute atomic E-state index is 0.172. The Morgan fingerprint density at radius 1 is 1.08 bits per heavy atom. The number of hydrogen-bond donors (Lipinski definition) is 1. The predicted octanol–water partition coefficient (Wildman–Crippen LogP) is 3.85. The van der Waals surface area contributed by atoms with Gasteiger partial charge >= 0.3 is 0 Å². The van der Waals surface area contributed by atoms with Crippen molar-refractivity contribution in [3.63, 3.8) is 0 Å². The zero-order valence-electron chi connectivity index (χ0n) is 13.3. The second-order valence-corrected chi connectivity index (χ2v) is 5.88. The molecule has 0 radical (unpaired) electrons. The van der Waals surface area contributed by atoms with E-state index in [9.17, 15) is 4.79 Å². The third kappa shape index (κ3) is 4.03. The molecule has 1 aliphatic heterocycles. The lowest BCUT2D eigenvalue weighted by molar-refractivity contribution is -0.115. The van der Waals surface area contributed by atoms with Gasteiger partial charge in [0.05, 0.1) is 7.11 Å². The summed E-state index contributed by atoms with van der Waals surface area (Å²) in [6, 6.07) is 15.2. The van der Waals surface area contributed by atoms with E-state index in [-0.39, 0.29) is 5.91 Å². The largest absolute Gasteiger partial charge is 0.497 e. The molecule has 1 N–H and O–H groups in total. The number of aryl methyl sites for hydroxylation is 1. The Labute approximate surface area is 145 Å². The van der Waals surface area contributed by atoms with Crippen molar-refractivity contribution in [3.05, 3.63) is 70.4 Å². The number of amidine groups is 1. The van der Waals surface area contributed by atoms with Gasteiger partial charge in [0.25, 0.3) is 5.91 Å². The number of rotatable bonds is 5. The van der Waals surface area contributed by atoms with E-state index in [1.54, 1.807) is 25.3 Å². The van der Waals surface area contributed by atoms with Gasteiger partial charge in [-0.2, -0.15) is 0 Å². The van der Waals surface area contributed by atoms with Gasteiger partial charge in [-0.3, -0.25) is 4.79 Å². The maximum absolute atomic E-state index is 12.0. The second kappa shape index (κ2) is 7.32. The second-order valence-electron chi connectivity index (χ2n) is 5.44. The van der Waals surface area contributed by atoms with E-state index in [4.69, 9.17) is 16.3 Å². The van der Waals surface area contributed by atoms with Crippen LogP contribution < -0.4 is 10.1 Å². The Hall–Kier alpha value is -2.59. The highest BCUT2D eigenvalue weighted by Gasteiger charge is 2.19. The van der Waals surface area contributed by atoms with Gasteiger partial charge in [-0.15, -0.1) is 0 Å². The van der Waals surface area contributed by atoms with E-state index in [1.165, 1.54) is 5.56 Å². The van der Waals surface area contributed by atoms with Crippen LogP contribution >= 0.6 is 11.6 Å². The van der Waals surface area contributed by atoms with Crippen molar-refractivity contribution < 1.29 is 9.53 Å². The molecule has 0 unspecified atom stereocenters. The number of ether oxygens (including phenoxy) is 1. The maximum Gasteiger partial charge on any atom is 0.275 e. The van der Waals surface area contributed by atoms with E-state index in [0.29, 0.717) is 23.0 Å². The molecule has 24 heavy (non-hydrogen) atoms. The summed E-state index contributed by atoms with van der Waals surface area (Å²) in [4.78, 5) is 16.4. The third-order valence-electron chi connectivity index (χ3n) is 3.73. The molecule has 5 heteroatoms. The first kappa shape index (κ1) is 16.3. The van der Waals surface area contributed by atoms with Crippen LogP contribution in [-0.4, -0.2) is 18.9 Å². The number of nitrogens with one attached hydrogen (secondary N) is 1. The summed E-state index contributed by atoms with van der Waals surface area (Å²) in [5, 5.41) is 3.48. The molecule has 0 bridgehead atoms. The number of carbonyl (C=O) groups is 1. The average Bonchev–Trinajstić information content (AvgIpc) is 2.95. The Balaban J connectivity index is 1.66.